The van der Waals surface area contributed by atoms with E-state index < -0.39 is 5.54 Å². The first kappa shape index (κ1) is 20.5. The minimum Gasteiger partial charge on any atom is -0.381 e. The van der Waals surface area contributed by atoms with Crippen molar-refractivity contribution in [3.8, 4) is 0 Å². The Balaban J connectivity index is 1.75. The van der Waals surface area contributed by atoms with Crippen molar-refractivity contribution in [2.45, 2.75) is 25.0 Å². The Morgan fingerprint density at radius 1 is 1.28 bits per heavy atom. The summed E-state index contributed by atoms with van der Waals surface area (Å²) in [6, 6.07) is 12.9. The second-order valence-electron chi connectivity index (χ2n) is 7.11. The number of methoxy groups -OCH3 is 1. The van der Waals surface area contributed by atoms with E-state index >= 15 is 0 Å². The molecule has 1 saturated heterocycles. The van der Waals surface area contributed by atoms with Crippen molar-refractivity contribution >= 4 is 43.3 Å². The molecule has 0 radical (unpaired) electrons. The summed E-state index contributed by atoms with van der Waals surface area (Å²) in [6.07, 6.45) is 1.35. The van der Waals surface area contributed by atoms with E-state index in [1.807, 2.05) is 30.3 Å². The molecule has 0 atom stereocenters. The van der Waals surface area contributed by atoms with Crippen molar-refractivity contribution in [2.75, 3.05) is 20.3 Å². The maximum Gasteiger partial charge on any atom is 0.262 e. The third kappa shape index (κ3) is 3.97. The first-order valence-corrected chi connectivity index (χ1v) is 11.0. The zero-order chi connectivity index (χ0) is 20.4. The van der Waals surface area contributed by atoms with E-state index in [-0.39, 0.29) is 18.3 Å². The molecule has 1 N–H and O–H groups in total. The average Bonchev–Trinajstić information content (AvgIpc) is 3.09. The van der Waals surface area contributed by atoms with Crippen LogP contribution in [0.15, 0.2) is 46.9 Å². The van der Waals surface area contributed by atoms with Crippen molar-refractivity contribution in [1.82, 2.24) is 5.32 Å². The smallest absolute Gasteiger partial charge is 0.262 e. The summed E-state index contributed by atoms with van der Waals surface area (Å²) >= 11 is 4.83. The maximum absolute atomic E-state index is 14.5. The Morgan fingerprint density at radius 3 is 2.76 bits per heavy atom. The number of nitrogens with one attached hydrogen (secondary N) is 1. The van der Waals surface area contributed by atoms with Crippen molar-refractivity contribution in [2.24, 2.45) is 0 Å². The lowest BCUT2D eigenvalue weighted by atomic mass is 9.82. The lowest BCUT2D eigenvalue weighted by Crippen LogP contribution is -2.49. The second-order valence-corrected chi connectivity index (χ2v) is 9.08. The van der Waals surface area contributed by atoms with Crippen LogP contribution in [0.4, 0.5) is 4.39 Å². The fourth-order valence-corrected chi connectivity index (χ4v) is 5.42. The molecule has 0 spiro atoms. The van der Waals surface area contributed by atoms with Crippen LogP contribution in [0, 0.1) is 5.82 Å². The number of carbonyl (C=O) groups is 1. The molecule has 1 aliphatic heterocycles. The third-order valence-corrected chi connectivity index (χ3v) is 7.02. The summed E-state index contributed by atoms with van der Waals surface area (Å²) in [5, 5.41) is 3.73. The number of thiophene rings is 1. The number of hydrogen-bond acceptors (Lipinski definition) is 4. The predicted octanol–water partition coefficient (Wildman–Crippen LogP) is 5.39. The zero-order valence-electron chi connectivity index (χ0n) is 16.0. The Hall–Kier alpha value is -1.80. The van der Waals surface area contributed by atoms with Gasteiger partial charge in [0.05, 0.1) is 17.0 Å². The molecule has 1 aromatic heterocycles. The summed E-state index contributed by atoms with van der Waals surface area (Å²) in [5.74, 6) is -0.544. The van der Waals surface area contributed by atoms with Gasteiger partial charge in [0.1, 0.15) is 5.82 Å². The van der Waals surface area contributed by atoms with Gasteiger partial charge in [0.2, 0.25) is 0 Å². The van der Waals surface area contributed by atoms with Gasteiger partial charge in [0.25, 0.3) is 5.91 Å². The Labute approximate surface area is 181 Å². The van der Waals surface area contributed by atoms with Gasteiger partial charge in [-0.25, -0.2) is 4.39 Å². The molecular weight excluding hydrogens is 457 g/mol. The fraction of sp³-hybridized carbons (Fsp3) is 0.318. The van der Waals surface area contributed by atoms with Crippen LogP contribution in [0.5, 0.6) is 0 Å². The van der Waals surface area contributed by atoms with Gasteiger partial charge < -0.3 is 14.8 Å². The van der Waals surface area contributed by atoms with Crippen molar-refractivity contribution in [1.29, 1.82) is 0 Å². The van der Waals surface area contributed by atoms with Crippen LogP contribution in [-0.2, 0) is 21.6 Å². The number of hydrogen-bond donors (Lipinski definition) is 1. The highest BCUT2D eigenvalue weighted by Crippen LogP contribution is 2.37. The fourth-order valence-electron chi connectivity index (χ4n) is 3.90. The number of fused-ring (bicyclic) bond motifs is 1. The topological polar surface area (TPSA) is 47.6 Å². The van der Waals surface area contributed by atoms with E-state index in [1.165, 1.54) is 17.4 Å². The quantitative estimate of drug-likeness (QED) is 0.536. The molecule has 4 nitrogen and oxygen atoms in total. The van der Waals surface area contributed by atoms with E-state index in [0.29, 0.717) is 41.9 Å². The molecule has 2 aromatic carbocycles. The molecule has 1 aliphatic rings. The monoisotopic (exact) mass is 477 g/mol. The molecule has 0 unspecified atom stereocenters. The zero-order valence-corrected chi connectivity index (χ0v) is 18.4. The summed E-state index contributed by atoms with van der Waals surface area (Å²) in [4.78, 5) is 13.9. The average molecular weight is 478 g/mol. The molecule has 2 heterocycles. The molecular formula is C22H21BrFNO3S. The normalized spacial score (nSPS) is 16.1. The van der Waals surface area contributed by atoms with Crippen molar-refractivity contribution < 1.29 is 18.7 Å². The van der Waals surface area contributed by atoms with Crippen LogP contribution in [0.3, 0.4) is 0 Å². The van der Waals surface area contributed by atoms with Crippen molar-refractivity contribution in [3.05, 3.63) is 68.8 Å². The van der Waals surface area contributed by atoms with Crippen LogP contribution in [0.2, 0.25) is 0 Å². The molecule has 29 heavy (non-hydrogen) atoms. The number of rotatable bonds is 5. The summed E-state index contributed by atoms with van der Waals surface area (Å²) in [7, 11) is 1.55. The van der Waals surface area contributed by atoms with E-state index in [4.69, 9.17) is 9.47 Å². The minimum atomic E-state index is -0.530. The molecule has 1 amide bonds. The molecule has 7 heteroatoms. The summed E-state index contributed by atoms with van der Waals surface area (Å²) < 4.78 is 27.0. The van der Waals surface area contributed by atoms with Gasteiger partial charge in [-0.05, 0) is 42.7 Å². The Bertz CT molecular complexity index is 1050. The molecule has 152 valence electrons. The third-order valence-electron chi connectivity index (χ3n) is 5.33. The van der Waals surface area contributed by atoms with Crippen LogP contribution in [-0.4, -0.2) is 26.2 Å². The minimum absolute atomic E-state index is 0.177. The van der Waals surface area contributed by atoms with Crippen LogP contribution < -0.4 is 5.32 Å². The van der Waals surface area contributed by atoms with Gasteiger partial charge in [-0.15, -0.1) is 11.3 Å². The first-order valence-electron chi connectivity index (χ1n) is 9.39. The van der Waals surface area contributed by atoms with E-state index in [1.54, 1.807) is 13.2 Å². The van der Waals surface area contributed by atoms with Crippen LogP contribution in [0.25, 0.3) is 10.1 Å². The van der Waals surface area contributed by atoms with E-state index in [0.717, 1.165) is 14.7 Å². The maximum atomic E-state index is 14.5. The lowest BCUT2D eigenvalue weighted by molar-refractivity contribution is 0.0345. The molecule has 0 bridgehead atoms. The number of halogens is 2. The van der Waals surface area contributed by atoms with Gasteiger partial charge in [-0.1, -0.05) is 34.1 Å². The van der Waals surface area contributed by atoms with Gasteiger partial charge in [-0.2, -0.15) is 0 Å². The van der Waals surface area contributed by atoms with Crippen molar-refractivity contribution in [3.63, 3.8) is 0 Å². The highest BCUT2D eigenvalue weighted by atomic mass is 79.9. The highest BCUT2D eigenvalue weighted by Gasteiger charge is 2.37. The summed E-state index contributed by atoms with van der Waals surface area (Å²) in [6.45, 7) is 1.31. The van der Waals surface area contributed by atoms with Gasteiger partial charge in [0, 0.05) is 40.4 Å². The standard InChI is InChI=1S/C22H21BrFNO3S/c1-27-13-16-19-17(24)6-3-7-18(19)29-20(16)21(26)25-22(8-10-28-11-9-22)14-4-2-5-15(23)12-14/h2-7,12H,8-11,13H2,1H3,(H,25,26). The van der Waals surface area contributed by atoms with Crippen LogP contribution >= 0.6 is 27.3 Å². The number of amides is 1. The molecule has 1 fully saturated rings. The first-order chi connectivity index (χ1) is 14.0. The molecule has 4 rings (SSSR count). The SMILES string of the molecule is COCc1c(C(=O)NC2(c3cccc(Br)c3)CCOCC2)sc2cccc(F)c12. The highest BCUT2D eigenvalue weighted by molar-refractivity contribution is 9.10. The van der Waals surface area contributed by atoms with E-state index in [9.17, 15) is 9.18 Å². The Kier molecular flexibility index (Phi) is 6.01. The van der Waals surface area contributed by atoms with Gasteiger partial charge in [0.15, 0.2) is 0 Å². The summed E-state index contributed by atoms with van der Waals surface area (Å²) in [5.41, 5.74) is 1.10. The number of benzene rings is 2. The predicted molar refractivity (Wildman–Crippen MR) is 116 cm³/mol. The van der Waals surface area contributed by atoms with Gasteiger partial charge in [-0.3, -0.25) is 4.79 Å². The number of carbonyl (C=O) groups excluding carboxylic acids is 1. The Morgan fingerprint density at radius 2 is 2.03 bits per heavy atom. The molecule has 3 aromatic rings. The molecule has 0 saturated carbocycles. The second kappa shape index (κ2) is 8.52. The van der Waals surface area contributed by atoms with E-state index in [2.05, 4.69) is 21.2 Å². The molecule has 0 aliphatic carbocycles. The largest absolute Gasteiger partial charge is 0.381 e. The van der Waals surface area contributed by atoms with Crippen LogP contribution in [0.1, 0.15) is 33.6 Å². The lowest BCUT2D eigenvalue weighted by Gasteiger charge is -2.38. The van der Waals surface area contributed by atoms with Gasteiger partial charge >= 0.3 is 0 Å². The number of ether oxygens (including phenoxy) is 2.